The van der Waals surface area contributed by atoms with Gasteiger partial charge in [-0.2, -0.15) is 5.26 Å². The van der Waals surface area contributed by atoms with Crippen LogP contribution in [-0.4, -0.2) is 20.5 Å². The maximum atomic E-state index is 8.68. The van der Waals surface area contributed by atoms with Crippen LogP contribution in [0.1, 0.15) is 51.4 Å². The fourth-order valence-electron chi connectivity index (χ4n) is 2.90. The standard InChI is InChI=1S/C22H26N4OS/c1-22(2,3)18-11-9-17(10-12-18)20-24-25-21(28-15-6-4-5-13-23)26(20)16-19-8-7-14-27-19/h7-12,14H,4-6,15-16H2,1-3H3. The molecule has 0 saturated carbocycles. The van der Waals surface area contributed by atoms with Crippen molar-refractivity contribution in [2.45, 2.75) is 57.1 Å². The summed E-state index contributed by atoms with van der Waals surface area (Å²) in [6.45, 7) is 7.23. The van der Waals surface area contributed by atoms with Gasteiger partial charge in [-0.25, -0.2) is 0 Å². The molecule has 2 aromatic heterocycles. The highest BCUT2D eigenvalue weighted by Gasteiger charge is 2.18. The van der Waals surface area contributed by atoms with E-state index in [1.807, 2.05) is 12.1 Å². The first kappa shape index (κ1) is 20.2. The molecule has 0 saturated heterocycles. The van der Waals surface area contributed by atoms with Gasteiger partial charge in [0.05, 0.1) is 18.9 Å². The number of thioether (sulfide) groups is 1. The molecule has 0 aliphatic rings. The van der Waals surface area contributed by atoms with E-state index < -0.39 is 0 Å². The van der Waals surface area contributed by atoms with E-state index in [1.54, 1.807) is 18.0 Å². The van der Waals surface area contributed by atoms with Crippen LogP contribution in [0, 0.1) is 11.3 Å². The lowest BCUT2D eigenvalue weighted by Gasteiger charge is -2.19. The first-order valence-electron chi connectivity index (χ1n) is 9.55. The molecule has 6 heteroatoms. The molecule has 146 valence electrons. The third-order valence-electron chi connectivity index (χ3n) is 4.53. The average molecular weight is 395 g/mol. The second kappa shape index (κ2) is 9.11. The van der Waals surface area contributed by atoms with Crippen LogP contribution in [0.2, 0.25) is 0 Å². The van der Waals surface area contributed by atoms with E-state index in [9.17, 15) is 0 Å². The van der Waals surface area contributed by atoms with E-state index in [4.69, 9.17) is 9.68 Å². The van der Waals surface area contributed by atoms with Crippen LogP contribution in [0.5, 0.6) is 0 Å². The van der Waals surface area contributed by atoms with E-state index in [2.05, 4.69) is 65.9 Å². The predicted octanol–water partition coefficient (Wildman–Crippen LogP) is 5.67. The van der Waals surface area contributed by atoms with Crippen molar-refractivity contribution in [3.8, 4) is 17.5 Å². The zero-order valence-electron chi connectivity index (χ0n) is 16.7. The molecule has 2 heterocycles. The second-order valence-electron chi connectivity index (χ2n) is 7.76. The lowest BCUT2D eigenvalue weighted by atomic mass is 9.87. The number of furan rings is 1. The van der Waals surface area contributed by atoms with Gasteiger partial charge in [0.1, 0.15) is 5.76 Å². The van der Waals surface area contributed by atoms with Gasteiger partial charge < -0.3 is 4.42 Å². The zero-order chi connectivity index (χ0) is 20.0. The predicted molar refractivity (Wildman–Crippen MR) is 112 cm³/mol. The third kappa shape index (κ3) is 5.05. The maximum Gasteiger partial charge on any atom is 0.191 e. The molecular weight excluding hydrogens is 368 g/mol. The summed E-state index contributed by atoms with van der Waals surface area (Å²) in [4.78, 5) is 0. The van der Waals surface area contributed by atoms with Crippen LogP contribution in [0.25, 0.3) is 11.4 Å². The maximum absolute atomic E-state index is 8.68. The summed E-state index contributed by atoms with van der Waals surface area (Å²) in [7, 11) is 0. The lowest BCUT2D eigenvalue weighted by molar-refractivity contribution is 0.485. The highest BCUT2D eigenvalue weighted by molar-refractivity contribution is 7.99. The summed E-state index contributed by atoms with van der Waals surface area (Å²) in [5.74, 6) is 2.64. The van der Waals surface area contributed by atoms with Crippen LogP contribution in [-0.2, 0) is 12.0 Å². The molecule has 0 bridgehead atoms. The molecule has 0 N–H and O–H groups in total. The molecule has 28 heavy (non-hydrogen) atoms. The van der Waals surface area contributed by atoms with Crippen molar-refractivity contribution in [2.75, 3.05) is 5.75 Å². The molecule has 3 aromatic rings. The Kier molecular flexibility index (Phi) is 6.58. The highest BCUT2D eigenvalue weighted by atomic mass is 32.2. The number of aromatic nitrogens is 3. The summed E-state index contributed by atoms with van der Waals surface area (Å²) < 4.78 is 7.66. The highest BCUT2D eigenvalue weighted by Crippen LogP contribution is 2.28. The minimum atomic E-state index is 0.116. The topological polar surface area (TPSA) is 67.6 Å². The number of nitrogens with zero attached hydrogens (tertiary/aromatic N) is 4. The monoisotopic (exact) mass is 394 g/mol. The van der Waals surface area contributed by atoms with Gasteiger partial charge in [-0.1, -0.05) is 56.8 Å². The van der Waals surface area contributed by atoms with Crippen LogP contribution in [0.3, 0.4) is 0 Å². The normalized spacial score (nSPS) is 11.5. The Balaban J connectivity index is 1.84. The SMILES string of the molecule is CC(C)(C)c1ccc(-c2nnc(SCCCCC#N)n2Cc2ccco2)cc1. The van der Waals surface area contributed by atoms with Crippen molar-refractivity contribution in [3.63, 3.8) is 0 Å². The van der Waals surface area contributed by atoms with Gasteiger partial charge >= 0.3 is 0 Å². The molecule has 0 aliphatic carbocycles. The summed E-state index contributed by atoms with van der Waals surface area (Å²) in [5, 5.41) is 18.5. The van der Waals surface area contributed by atoms with Crippen LogP contribution in [0.15, 0.2) is 52.2 Å². The molecule has 5 nitrogen and oxygen atoms in total. The van der Waals surface area contributed by atoms with Gasteiger partial charge in [0.2, 0.25) is 0 Å². The molecular formula is C22H26N4OS. The third-order valence-corrected chi connectivity index (χ3v) is 5.59. The first-order chi connectivity index (χ1) is 13.5. The van der Waals surface area contributed by atoms with E-state index in [0.717, 1.165) is 40.9 Å². The number of hydrogen-bond donors (Lipinski definition) is 0. The molecule has 0 amide bonds. The Hall–Kier alpha value is -2.52. The van der Waals surface area contributed by atoms with Crippen molar-refractivity contribution < 1.29 is 4.42 Å². The first-order valence-corrected chi connectivity index (χ1v) is 10.5. The molecule has 0 unspecified atom stereocenters. The van der Waals surface area contributed by atoms with Crippen molar-refractivity contribution in [2.24, 2.45) is 0 Å². The van der Waals surface area contributed by atoms with Crippen molar-refractivity contribution >= 4 is 11.8 Å². The summed E-state index contributed by atoms with van der Waals surface area (Å²) in [6.07, 6.45) is 4.19. The minimum Gasteiger partial charge on any atom is -0.467 e. The van der Waals surface area contributed by atoms with E-state index in [0.29, 0.717) is 13.0 Å². The van der Waals surface area contributed by atoms with Gasteiger partial charge in [-0.05, 0) is 36.0 Å². The Morgan fingerprint density at radius 1 is 1.11 bits per heavy atom. The van der Waals surface area contributed by atoms with Gasteiger partial charge in [-0.3, -0.25) is 4.57 Å². The van der Waals surface area contributed by atoms with Crippen molar-refractivity contribution in [1.82, 2.24) is 14.8 Å². The van der Waals surface area contributed by atoms with Crippen LogP contribution >= 0.6 is 11.8 Å². The fraction of sp³-hybridized carbons (Fsp3) is 0.409. The largest absolute Gasteiger partial charge is 0.467 e. The van der Waals surface area contributed by atoms with Crippen LogP contribution < -0.4 is 0 Å². The molecule has 3 rings (SSSR count). The quantitative estimate of drug-likeness (QED) is 0.364. The van der Waals surface area contributed by atoms with Gasteiger partial charge in [-0.15, -0.1) is 10.2 Å². The summed E-state index contributed by atoms with van der Waals surface area (Å²) >= 11 is 1.68. The summed E-state index contributed by atoms with van der Waals surface area (Å²) in [5.41, 5.74) is 2.45. The van der Waals surface area contributed by atoms with Crippen LogP contribution in [0.4, 0.5) is 0 Å². The van der Waals surface area contributed by atoms with Crippen molar-refractivity contribution in [1.29, 1.82) is 5.26 Å². The van der Waals surface area contributed by atoms with E-state index in [-0.39, 0.29) is 5.41 Å². The minimum absolute atomic E-state index is 0.116. The zero-order valence-corrected chi connectivity index (χ0v) is 17.5. The Bertz CT molecular complexity index is 915. The molecule has 1 aromatic carbocycles. The Morgan fingerprint density at radius 3 is 2.54 bits per heavy atom. The molecule has 0 fully saturated rings. The number of nitriles is 1. The van der Waals surface area contributed by atoms with Gasteiger partial charge in [0, 0.05) is 17.7 Å². The molecule has 0 radical (unpaired) electrons. The smallest absolute Gasteiger partial charge is 0.191 e. The molecule has 0 spiro atoms. The average Bonchev–Trinajstić information content (AvgIpc) is 3.32. The van der Waals surface area contributed by atoms with Crippen molar-refractivity contribution in [3.05, 3.63) is 54.0 Å². The number of rotatable bonds is 8. The fourth-order valence-corrected chi connectivity index (χ4v) is 3.84. The second-order valence-corrected chi connectivity index (χ2v) is 8.82. The number of hydrogen-bond acceptors (Lipinski definition) is 5. The Labute approximate surface area is 170 Å². The molecule has 0 aliphatic heterocycles. The number of unbranched alkanes of at least 4 members (excludes halogenated alkanes) is 2. The summed E-state index contributed by atoms with van der Waals surface area (Å²) in [6, 6.07) is 14.6. The van der Waals surface area contributed by atoms with E-state index in [1.165, 1.54) is 5.56 Å². The van der Waals surface area contributed by atoms with E-state index >= 15 is 0 Å². The molecule has 0 atom stereocenters. The lowest BCUT2D eigenvalue weighted by Crippen LogP contribution is -2.10. The van der Waals surface area contributed by atoms with Gasteiger partial charge in [0.15, 0.2) is 11.0 Å². The Morgan fingerprint density at radius 2 is 1.89 bits per heavy atom. The number of benzene rings is 1. The van der Waals surface area contributed by atoms with Gasteiger partial charge in [0.25, 0.3) is 0 Å².